The topological polar surface area (TPSA) is 98.2 Å². The average Bonchev–Trinajstić information content (AvgIpc) is 2.69. The number of nitrogen functional groups attached to an aromatic ring is 1. The van der Waals surface area contributed by atoms with Gasteiger partial charge in [0.2, 0.25) is 10.0 Å². The summed E-state index contributed by atoms with van der Waals surface area (Å²) in [6, 6.07) is 6.83. The van der Waals surface area contributed by atoms with Crippen LogP contribution in [0.3, 0.4) is 0 Å². The van der Waals surface area contributed by atoms with Gasteiger partial charge in [-0.05, 0) is 24.6 Å². The van der Waals surface area contributed by atoms with E-state index < -0.39 is 10.0 Å². The van der Waals surface area contributed by atoms with Gasteiger partial charge in [-0.25, -0.2) is 13.1 Å². The Balaban J connectivity index is 2.17. The van der Waals surface area contributed by atoms with Gasteiger partial charge >= 0.3 is 0 Å². The number of halogens is 1. The normalized spacial score (nSPS) is 11.7. The molecule has 3 N–H and O–H groups in total. The van der Waals surface area contributed by atoms with Gasteiger partial charge in [0.15, 0.2) is 16.5 Å². The van der Waals surface area contributed by atoms with E-state index in [9.17, 15) is 8.42 Å². The van der Waals surface area contributed by atoms with Crippen LogP contribution in [-0.4, -0.2) is 13.6 Å². The zero-order valence-electron chi connectivity index (χ0n) is 10.1. The van der Waals surface area contributed by atoms with Gasteiger partial charge in [-0.2, -0.15) is 0 Å². The molecule has 0 saturated heterocycles. The molecular formula is C11H12ClN3O3S. The molecule has 0 spiro atoms. The van der Waals surface area contributed by atoms with E-state index in [0.29, 0.717) is 5.02 Å². The minimum atomic E-state index is -3.75. The lowest BCUT2D eigenvalue weighted by Crippen LogP contribution is -2.24. The number of hydrogen-bond donors (Lipinski definition) is 2. The summed E-state index contributed by atoms with van der Waals surface area (Å²) in [6.07, 6.45) is 0. The Morgan fingerprint density at radius 3 is 2.53 bits per heavy atom. The molecule has 0 unspecified atom stereocenters. The third-order valence-electron chi connectivity index (χ3n) is 2.48. The average molecular weight is 302 g/mol. The number of rotatable bonds is 4. The lowest BCUT2D eigenvalue weighted by molar-refractivity contribution is 0.396. The van der Waals surface area contributed by atoms with Gasteiger partial charge in [0.1, 0.15) is 0 Å². The summed E-state index contributed by atoms with van der Waals surface area (Å²) in [6.45, 7) is 1.61. The van der Waals surface area contributed by atoms with Crippen LogP contribution in [0.4, 0.5) is 5.82 Å². The van der Waals surface area contributed by atoms with Crippen LogP contribution in [0.25, 0.3) is 0 Å². The largest absolute Gasteiger partial charge is 0.380 e. The van der Waals surface area contributed by atoms with E-state index in [4.69, 9.17) is 21.9 Å². The van der Waals surface area contributed by atoms with Gasteiger partial charge in [-0.15, -0.1) is 0 Å². The van der Waals surface area contributed by atoms with Crippen molar-refractivity contribution in [2.45, 2.75) is 18.4 Å². The van der Waals surface area contributed by atoms with Gasteiger partial charge in [-0.3, -0.25) is 0 Å². The quantitative estimate of drug-likeness (QED) is 0.895. The maximum absolute atomic E-state index is 12.1. The second-order valence-corrected chi connectivity index (χ2v) is 6.04. The van der Waals surface area contributed by atoms with Gasteiger partial charge in [0, 0.05) is 11.6 Å². The van der Waals surface area contributed by atoms with Crippen molar-refractivity contribution in [3.8, 4) is 0 Å². The molecule has 0 aliphatic rings. The molecule has 0 amide bonds. The highest BCUT2D eigenvalue weighted by Crippen LogP contribution is 2.21. The fourth-order valence-electron chi connectivity index (χ4n) is 1.56. The Bertz CT molecular complexity index is 660. The molecule has 1 aromatic heterocycles. The Kier molecular flexibility index (Phi) is 3.79. The van der Waals surface area contributed by atoms with Crippen molar-refractivity contribution >= 4 is 27.4 Å². The SMILES string of the molecule is Cc1onc(N)c1S(=O)(=O)NCc1ccc(Cl)cc1. The highest BCUT2D eigenvalue weighted by Gasteiger charge is 2.24. The third-order valence-corrected chi connectivity index (χ3v) is 4.29. The lowest BCUT2D eigenvalue weighted by Gasteiger charge is -2.06. The molecule has 0 saturated carbocycles. The van der Waals surface area contributed by atoms with Crippen LogP contribution < -0.4 is 10.5 Å². The Morgan fingerprint density at radius 2 is 2.00 bits per heavy atom. The van der Waals surface area contributed by atoms with Crippen LogP contribution in [0.1, 0.15) is 11.3 Å². The summed E-state index contributed by atoms with van der Waals surface area (Å²) in [5.74, 6) is 0.00205. The van der Waals surface area contributed by atoms with Crippen LogP contribution in [0.15, 0.2) is 33.7 Å². The highest BCUT2D eigenvalue weighted by atomic mass is 35.5. The van der Waals surface area contributed by atoms with Gasteiger partial charge in [-0.1, -0.05) is 28.9 Å². The minimum Gasteiger partial charge on any atom is -0.380 e. The van der Waals surface area contributed by atoms with Gasteiger partial charge in [0.25, 0.3) is 0 Å². The molecule has 1 heterocycles. The molecule has 2 aromatic rings. The highest BCUT2D eigenvalue weighted by molar-refractivity contribution is 7.89. The molecule has 102 valence electrons. The molecular weight excluding hydrogens is 290 g/mol. The first-order valence-electron chi connectivity index (χ1n) is 5.36. The molecule has 0 radical (unpaired) electrons. The van der Waals surface area contributed by atoms with E-state index in [1.165, 1.54) is 6.92 Å². The van der Waals surface area contributed by atoms with Crippen LogP contribution in [-0.2, 0) is 16.6 Å². The van der Waals surface area contributed by atoms with Gasteiger partial charge in [0.05, 0.1) is 0 Å². The molecule has 1 aromatic carbocycles. The molecule has 6 nitrogen and oxygen atoms in total. The second kappa shape index (κ2) is 5.20. The summed E-state index contributed by atoms with van der Waals surface area (Å²) >= 11 is 5.75. The van der Waals surface area contributed by atoms with E-state index in [0.717, 1.165) is 5.56 Å². The van der Waals surface area contributed by atoms with E-state index in [2.05, 4.69) is 9.88 Å². The molecule has 0 bridgehead atoms. The predicted molar refractivity (Wildman–Crippen MR) is 71.1 cm³/mol. The summed E-state index contributed by atoms with van der Waals surface area (Å²) in [5, 5.41) is 4.00. The van der Waals surface area contributed by atoms with Crippen molar-refractivity contribution in [1.29, 1.82) is 0 Å². The summed E-state index contributed by atoms with van der Waals surface area (Å²) in [5.41, 5.74) is 6.25. The summed E-state index contributed by atoms with van der Waals surface area (Å²) < 4.78 is 31.3. The van der Waals surface area contributed by atoms with E-state index in [1.807, 2.05) is 0 Å². The second-order valence-electron chi connectivity index (χ2n) is 3.90. The zero-order chi connectivity index (χ0) is 14.0. The molecule has 0 aliphatic heterocycles. The summed E-state index contributed by atoms with van der Waals surface area (Å²) in [4.78, 5) is -0.124. The number of hydrogen-bond acceptors (Lipinski definition) is 5. The first kappa shape index (κ1) is 13.9. The number of aryl methyl sites for hydroxylation is 1. The third kappa shape index (κ3) is 3.06. The number of aromatic nitrogens is 1. The smallest absolute Gasteiger partial charge is 0.248 e. The fraction of sp³-hybridized carbons (Fsp3) is 0.182. The summed E-state index contributed by atoms with van der Waals surface area (Å²) in [7, 11) is -3.75. The number of nitrogens with two attached hydrogens (primary N) is 1. The standard InChI is InChI=1S/C11H12ClN3O3S/c1-7-10(11(13)15-18-7)19(16,17)14-6-8-2-4-9(12)5-3-8/h2-5,14H,6H2,1H3,(H2,13,15). The number of benzene rings is 1. The monoisotopic (exact) mass is 301 g/mol. The van der Waals surface area contributed by atoms with Crippen molar-refractivity contribution in [1.82, 2.24) is 9.88 Å². The van der Waals surface area contributed by atoms with Crippen molar-refractivity contribution in [2.24, 2.45) is 0 Å². The van der Waals surface area contributed by atoms with Crippen molar-refractivity contribution in [3.05, 3.63) is 40.6 Å². The van der Waals surface area contributed by atoms with E-state index in [-0.39, 0.29) is 23.0 Å². The van der Waals surface area contributed by atoms with Crippen molar-refractivity contribution in [3.63, 3.8) is 0 Å². The Hall–Kier alpha value is -1.57. The molecule has 0 fully saturated rings. The number of nitrogens with one attached hydrogen (secondary N) is 1. The molecule has 2 rings (SSSR count). The fourth-order valence-corrected chi connectivity index (χ4v) is 2.92. The number of sulfonamides is 1. The van der Waals surface area contributed by atoms with Crippen LogP contribution in [0.2, 0.25) is 5.02 Å². The molecule has 0 atom stereocenters. The molecule has 0 aliphatic carbocycles. The maximum Gasteiger partial charge on any atom is 0.248 e. The van der Waals surface area contributed by atoms with Crippen molar-refractivity contribution < 1.29 is 12.9 Å². The van der Waals surface area contributed by atoms with Crippen LogP contribution in [0.5, 0.6) is 0 Å². The predicted octanol–water partition coefficient (Wildman–Crippen LogP) is 1.70. The van der Waals surface area contributed by atoms with Gasteiger partial charge < -0.3 is 10.3 Å². The molecule has 8 heteroatoms. The number of anilines is 1. The zero-order valence-corrected chi connectivity index (χ0v) is 11.6. The van der Waals surface area contributed by atoms with Crippen LogP contribution in [0, 0.1) is 6.92 Å². The maximum atomic E-state index is 12.1. The van der Waals surface area contributed by atoms with E-state index in [1.54, 1.807) is 24.3 Å². The Morgan fingerprint density at radius 1 is 1.37 bits per heavy atom. The lowest BCUT2D eigenvalue weighted by atomic mass is 10.2. The molecule has 19 heavy (non-hydrogen) atoms. The van der Waals surface area contributed by atoms with Crippen molar-refractivity contribution in [2.75, 3.05) is 5.73 Å². The van der Waals surface area contributed by atoms with Crippen LogP contribution >= 0.6 is 11.6 Å². The first-order chi connectivity index (χ1) is 8.90. The Labute approximate surface area is 115 Å². The number of nitrogens with zero attached hydrogens (tertiary/aromatic N) is 1. The first-order valence-corrected chi connectivity index (χ1v) is 7.22. The minimum absolute atomic E-state index is 0.124. The van der Waals surface area contributed by atoms with E-state index >= 15 is 0 Å².